The molecular formula is C17H24N4O2. The van der Waals surface area contributed by atoms with Crippen LogP contribution in [-0.4, -0.2) is 34.9 Å². The lowest BCUT2D eigenvalue weighted by Gasteiger charge is -2.11. The Morgan fingerprint density at radius 2 is 2.00 bits per heavy atom. The van der Waals surface area contributed by atoms with Crippen LogP contribution in [0.15, 0.2) is 36.5 Å². The molecule has 0 unspecified atom stereocenters. The van der Waals surface area contributed by atoms with Gasteiger partial charge in [-0.1, -0.05) is 32.0 Å². The molecule has 2 rings (SSSR count). The fourth-order valence-electron chi connectivity index (χ4n) is 1.94. The first-order valence-electron chi connectivity index (χ1n) is 7.80. The molecule has 6 nitrogen and oxygen atoms in total. The van der Waals surface area contributed by atoms with Crippen LogP contribution in [0.3, 0.4) is 0 Å². The van der Waals surface area contributed by atoms with Crippen molar-refractivity contribution in [3.8, 4) is 11.4 Å². The van der Waals surface area contributed by atoms with Crippen LogP contribution in [0.5, 0.6) is 5.75 Å². The van der Waals surface area contributed by atoms with E-state index in [0.29, 0.717) is 24.8 Å². The first-order chi connectivity index (χ1) is 11.0. The minimum absolute atomic E-state index is 0.123. The maximum Gasteiger partial charge on any atom is 0.275 e. The van der Waals surface area contributed by atoms with Crippen LogP contribution < -0.4 is 15.8 Å². The van der Waals surface area contributed by atoms with Gasteiger partial charge in [-0.15, -0.1) is 0 Å². The Hall–Kier alpha value is -2.34. The lowest BCUT2D eigenvalue weighted by molar-refractivity contribution is 0.0931. The van der Waals surface area contributed by atoms with E-state index in [1.807, 2.05) is 37.3 Å². The summed E-state index contributed by atoms with van der Waals surface area (Å²) < 4.78 is 7.41. The number of benzene rings is 1. The Bertz CT molecular complexity index is 637. The molecule has 3 N–H and O–H groups in total. The number of para-hydroxylation sites is 1. The molecule has 0 aliphatic heterocycles. The van der Waals surface area contributed by atoms with E-state index >= 15 is 0 Å². The number of rotatable bonds is 7. The first kappa shape index (κ1) is 17.0. The van der Waals surface area contributed by atoms with Gasteiger partial charge in [0.05, 0.1) is 18.5 Å². The Kier molecular flexibility index (Phi) is 5.76. The number of carbonyl (C=O) groups excluding carboxylic acids is 1. The van der Waals surface area contributed by atoms with Crippen molar-refractivity contribution in [2.24, 2.45) is 11.7 Å². The summed E-state index contributed by atoms with van der Waals surface area (Å²) in [7, 11) is 0. The average molecular weight is 316 g/mol. The van der Waals surface area contributed by atoms with Gasteiger partial charge in [-0.25, -0.2) is 4.68 Å². The van der Waals surface area contributed by atoms with Crippen LogP contribution in [0.25, 0.3) is 5.69 Å². The largest absolute Gasteiger partial charge is 0.489 e. The Morgan fingerprint density at radius 1 is 1.30 bits per heavy atom. The molecule has 0 saturated heterocycles. The number of nitrogens with two attached hydrogens (primary N) is 1. The Morgan fingerprint density at radius 3 is 2.61 bits per heavy atom. The number of aromatic nitrogens is 2. The van der Waals surface area contributed by atoms with Crippen molar-refractivity contribution >= 4 is 5.91 Å². The number of carbonyl (C=O) groups is 1. The second kappa shape index (κ2) is 7.78. The van der Waals surface area contributed by atoms with Crippen molar-refractivity contribution in [2.75, 3.05) is 13.2 Å². The molecule has 1 amide bonds. The summed E-state index contributed by atoms with van der Waals surface area (Å²) in [5.74, 6) is 0.551. The van der Waals surface area contributed by atoms with Crippen molar-refractivity contribution < 1.29 is 9.53 Å². The molecule has 0 aliphatic carbocycles. The van der Waals surface area contributed by atoms with E-state index in [-0.39, 0.29) is 17.6 Å². The van der Waals surface area contributed by atoms with E-state index in [9.17, 15) is 4.79 Å². The van der Waals surface area contributed by atoms with Crippen molar-refractivity contribution in [3.63, 3.8) is 0 Å². The quantitative estimate of drug-likeness (QED) is 0.818. The molecule has 6 heteroatoms. The van der Waals surface area contributed by atoms with Crippen LogP contribution in [0.4, 0.5) is 0 Å². The number of nitrogens with one attached hydrogen (secondary N) is 1. The van der Waals surface area contributed by atoms with Crippen molar-refractivity contribution in [3.05, 3.63) is 42.2 Å². The second-order valence-electron chi connectivity index (χ2n) is 5.94. The lowest BCUT2D eigenvalue weighted by Crippen LogP contribution is -2.38. The molecule has 1 heterocycles. The Labute approximate surface area is 136 Å². The van der Waals surface area contributed by atoms with E-state index < -0.39 is 0 Å². The fourth-order valence-corrected chi connectivity index (χ4v) is 1.94. The van der Waals surface area contributed by atoms with Gasteiger partial charge in [-0.05, 0) is 25.0 Å². The molecule has 0 bridgehead atoms. The van der Waals surface area contributed by atoms with Gasteiger partial charge in [-0.2, -0.15) is 5.10 Å². The normalized spacial score (nSPS) is 12.2. The maximum absolute atomic E-state index is 12.4. The van der Waals surface area contributed by atoms with Gasteiger partial charge < -0.3 is 15.8 Å². The maximum atomic E-state index is 12.4. The topological polar surface area (TPSA) is 82.2 Å². The standard InChI is InChI=1S/C17H24N4O2/c1-12(2)11-23-15-10-21(14-7-5-4-6-8-14)20-16(15)17(22)19-13(3)9-18/h4-8,10,12-13H,9,11,18H2,1-3H3,(H,19,22)/t13-/m0/s1. The predicted octanol–water partition coefficient (Wildman–Crippen LogP) is 1.98. The van der Waals surface area contributed by atoms with Crippen molar-refractivity contribution in [1.82, 2.24) is 15.1 Å². The molecule has 1 aromatic heterocycles. The smallest absolute Gasteiger partial charge is 0.275 e. The summed E-state index contributed by atoms with van der Waals surface area (Å²) >= 11 is 0. The average Bonchev–Trinajstić information content (AvgIpc) is 2.98. The van der Waals surface area contributed by atoms with Gasteiger partial charge in [0.1, 0.15) is 0 Å². The fraction of sp³-hybridized carbons (Fsp3) is 0.412. The van der Waals surface area contributed by atoms with Crippen LogP contribution in [0.2, 0.25) is 0 Å². The highest BCUT2D eigenvalue weighted by Crippen LogP contribution is 2.20. The van der Waals surface area contributed by atoms with Gasteiger partial charge in [0.2, 0.25) is 0 Å². The SMILES string of the molecule is CC(C)COc1cn(-c2ccccc2)nc1C(=O)N[C@@H](C)CN. The molecule has 23 heavy (non-hydrogen) atoms. The van der Waals surface area contributed by atoms with Gasteiger partial charge in [0.15, 0.2) is 11.4 Å². The summed E-state index contributed by atoms with van der Waals surface area (Å²) in [6, 6.07) is 9.48. The van der Waals surface area contributed by atoms with Crippen LogP contribution in [0, 0.1) is 5.92 Å². The zero-order chi connectivity index (χ0) is 16.8. The highest BCUT2D eigenvalue weighted by molar-refractivity contribution is 5.95. The van der Waals surface area contributed by atoms with Gasteiger partial charge in [0, 0.05) is 12.6 Å². The zero-order valence-corrected chi connectivity index (χ0v) is 13.8. The molecular weight excluding hydrogens is 292 g/mol. The van der Waals surface area contributed by atoms with E-state index in [1.165, 1.54) is 0 Å². The van der Waals surface area contributed by atoms with Crippen LogP contribution >= 0.6 is 0 Å². The number of nitrogens with zero attached hydrogens (tertiary/aromatic N) is 2. The number of amides is 1. The molecule has 0 spiro atoms. The van der Waals surface area contributed by atoms with E-state index in [4.69, 9.17) is 10.5 Å². The van der Waals surface area contributed by atoms with Crippen molar-refractivity contribution in [1.29, 1.82) is 0 Å². The van der Waals surface area contributed by atoms with Gasteiger partial charge in [0.25, 0.3) is 5.91 Å². The molecule has 2 aromatic rings. The third-order valence-corrected chi connectivity index (χ3v) is 3.22. The van der Waals surface area contributed by atoms with Gasteiger partial charge in [-0.3, -0.25) is 4.79 Å². The first-order valence-corrected chi connectivity index (χ1v) is 7.80. The highest BCUT2D eigenvalue weighted by atomic mass is 16.5. The van der Waals surface area contributed by atoms with Gasteiger partial charge >= 0.3 is 0 Å². The van der Waals surface area contributed by atoms with Crippen molar-refractivity contribution in [2.45, 2.75) is 26.8 Å². The minimum atomic E-state index is -0.281. The summed E-state index contributed by atoms with van der Waals surface area (Å²) in [6.07, 6.45) is 1.74. The molecule has 0 fully saturated rings. The second-order valence-corrected chi connectivity index (χ2v) is 5.94. The molecule has 124 valence electrons. The molecule has 0 saturated carbocycles. The predicted molar refractivity (Wildman–Crippen MR) is 89.9 cm³/mol. The number of ether oxygens (including phenoxy) is 1. The molecule has 1 aromatic carbocycles. The summed E-state index contributed by atoms with van der Waals surface area (Å²) in [5, 5.41) is 7.20. The highest BCUT2D eigenvalue weighted by Gasteiger charge is 2.20. The zero-order valence-electron chi connectivity index (χ0n) is 13.8. The van der Waals surface area contributed by atoms with E-state index in [1.54, 1.807) is 10.9 Å². The number of hydrogen-bond donors (Lipinski definition) is 2. The van der Waals surface area contributed by atoms with E-state index in [2.05, 4.69) is 24.3 Å². The Balaban J connectivity index is 2.30. The third kappa shape index (κ3) is 4.56. The number of hydrogen-bond acceptors (Lipinski definition) is 4. The van der Waals surface area contributed by atoms with E-state index in [0.717, 1.165) is 5.69 Å². The summed E-state index contributed by atoms with van der Waals surface area (Å²) in [5.41, 5.74) is 6.70. The molecule has 0 aliphatic rings. The summed E-state index contributed by atoms with van der Waals surface area (Å²) in [6.45, 7) is 6.84. The summed E-state index contributed by atoms with van der Waals surface area (Å²) in [4.78, 5) is 12.4. The van der Waals surface area contributed by atoms with Crippen LogP contribution in [0.1, 0.15) is 31.3 Å². The molecule has 0 radical (unpaired) electrons. The monoisotopic (exact) mass is 316 g/mol. The minimum Gasteiger partial charge on any atom is -0.489 e. The lowest BCUT2D eigenvalue weighted by atomic mass is 10.2. The van der Waals surface area contributed by atoms with Crippen LogP contribution in [-0.2, 0) is 0 Å². The molecule has 1 atom stereocenters. The third-order valence-electron chi connectivity index (χ3n) is 3.22.